The van der Waals surface area contributed by atoms with E-state index in [1.165, 1.54) is 11.3 Å². The highest BCUT2D eigenvalue weighted by Gasteiger charge is 2.39. The summed E-state index contributed by atoms with van der Waals surface area (Å²) >= 11 is 1.41. The number of amides is 1. The molecule has 0 bridgehead atoms. The summed E-state index contributed by atoms with van der Waals surface area (Å²) in [6.45, 7) is 1.31. The number of aromatic nitrogens is 3. The van der Waals surface area contributed by atoms with Crippen molar-refractivity contribution in [2.75, 3.05) is 25.0 Å². The molecule has 1 aliphatic rings. The summed E-state index contributed by atoms with van der Waals surface area (Å²) in [4.78, 5) is 18.6. The minimum Gasteiger partial charge on any atom is -0.417 e. The molecule has 1 N–H and O–H groups in total. The number of halogens is 3. The number of carbonyl (C=O) groups is 1. The minimum absolute atomic E-state index is 0.00546. The average Bonchev–Trinajstić information content (AvgIpc) is 3.28. The summed E-state index contributed by atoms with van der Waals surface area (Å²) in [7, 11) is 0. The lowest BCUT2D eigenvalue weighted by molar-refractivity contribution is -0.157. The Morgan fingerprint density at radius 1 is 1.25 bits per heavy atom. The first kappa shape index (κ1) is 18.8. The highest BCUT2D eigenvalue weighted by Crippen LogP contribution is 2.32. The maximum atomic E-state index is 12.6. The number of rotatable bonds is 4. The third kappa shape index (κ3) is 4.14. The molecule has 4 rings (SSSR count). The molecule has 1 amide bonds. The number of nitrogens with zero attached hydrogens (tertiary/aromatic N) is 4. The zero-order valence-electron chi connectivity index (χ0n) is 14.6. The summed E-state index contributed by atoms with van der Waals surface area (Å²) in [6, 6.07) is 7.62. The molecule has 0 radical (unpaired) electrons. The lowest BCUT2D eigenvalue weighted by Crippen LogP contribution is -2.38. The van der Waals surface area contributed by atoms with Crippen LogP contribution in [-0.4, -0.2) is 45.6 Å². The fourth-order valence-electron chi connectivity index (χ4n) is 3.14. The Bertz CT molecular complexity index is 945. The molecule has 11 heteroatoms. The number of nitrogens with one attached hydrogen (secondary N) is 1. The molecule has 0 aliphatic carbocycles. The van der Waals surface area contributed by atoms with Gasteiger partial charge in [-0.1, -0.05) is 23.5 Å². The summed E-state index contributed by atoms with van der Waals surface area (Å²) in [5, 5.41) is 9.95. The van der Waals surface area contributed by atoms with E-state index in [4.69, 9.17) is 4.42 Å². The topological polar surface area (TPSA) is 84.2 Å². The number of alkyl halides is 3. The van der Waals surface area contributed by atoms with Crippen molar-refractivity contribution in [3.63, 3.8) is 0 Å². The molecule has 1 saturated heterocycles. The third-order valence-corrected chi connectivity index (χ3v) is 5.48. The van der Waals surface area contributed by atoms with Gasteiger partial charge in [0, 0.05) is 5.92 Å². The van der Waals surface area contributed by atoms with Gasteiger partial charge in [0.1, 0.15) is 0 Å². The smallest absolute Gasteiger partial charge is 0.417 e. The Morgan fingerprint density at radius 3 is 2.68 bits per heavy atom. The van der Waals surface area contributed by atoms with Gasteiger partial charge in [-0.2, -0.15) is 13.2 Å². The zero-order chi connectivity index (χ0) is 19.7. The average molecular weight is 411 g/mol. The predicted molar refractivity (Wildman–Crippen MR) is 96.0 cm³/mol. The van der Waals surface area contributed by atoms with Gasteiger partial charge in [-0.15, -0.1) is 10.2 Å². The second kappa shape index (κ2) is 7.47. The Hall–Kier alpha value is -2.53. The van der Waals surface area contributed by atoms with E-state index < -0.39 is 12.1 Å². The van der Waals surface area contributed by atoms with E-state index in [2.05, 4.69) is 20.5 Å². The summed E-state index contributed by atoms with van der Waals surface area (Å²) in [5.74, 6) is -1.71. The van der Waals surface area contributed by atoms with Crippen molar-refractivity contribution in [2.24, 2.45) is 0 Å². The molecule has 3 aromatic rings. The quantitative estimate of drug-likeness (QED) is 0.707. The van der Waals surface area contributed by atoms with Crippen LogP contribution >= 0.6 is 11.3 Å². The molecule has 0 saturated carbocycles. The molecule has 148 valence electrons. The first-order valence-electron chi connectivity index (χ1n) is 8.67. The number of carbonyl (C=O) groups excluding carboxylic acids is 1. The number of fused-ring (bicyclic) bond motifs is 1. The first-order chi connectivity index (χ1) is 13.4. The van der Waals surface area contributed by atoms with Gasteiger partial charge >= 0.3 is 12.1 Å². The minimum atomic E-state index is -4.63. The van der Waals surface area contributed by atoms with Gasteiger partial charge in [-0.25, -0.2) is 4.98 Å². The molecule has 3 heterocycles. The molecular weight excluding hydrogens is 395 g/mol. The monoisotopic (exact) mass is 411 g/mol. The number of piperidine rings is 1. The number of thiazole rings is 1. The van der Waals surface area contributed by atoms with Crippen LogP contribution in [0.5, 0.6) is 0 Å². The van der Waals surface area contributed by atoms with Crippen LogP contribution in [0.15, 0.2) is 28.7 Å². The van der Waals surface area contributed by atoms with Crippen molar-refractivity contribution in [1.29, 1.82) is 0 Å². The highest BCUT2D eigenvalue weighted by molar-refractivity contribution is 7.22. The van der Waals surface area contributed by atoms with E-state index in [-0.39, 0.29) is 24.3 Å². The second-order valence-electron chi connectivity index (χ2n) is 6.53. The fourth-order valence-corrected chi connectivity index (χ4v) is 4.02. The number of hydrogen-bond acceptors (Lipinski definition) is 7. The molecular formula is C17H16F3N5O2S. The van der Waals surface area contributed by atoms with Crippen LogP contribution in [0.1, 0.15) is 30.5 Å². The lowest BCUT2D eigenvalue weighted by atomic mass is 9.97. The zero-order valence-corrected chi connectivity index (χ0v) is 15.4. The van der Waals surface area contributed by atoms with Crippen molar-refractivity contribution >= 4 is 32.6 Å². The van der Waals surface area contributed by atoms with Gasteiger partial charge in [0.2, 0.25) is 11.8 Å². The predicted octanol–water partition coefficient (Wildman–Crippen LogP) is 3.52. The van der Waals surface area contributed by atoms with Crippen LogP contribution in [0, 0.1) is 0 Å². The summed E-state index contributed by atoms with van der Waals surface area (Å²) in [6.07, 6.45) is -3.54. The molecule has 28 heavy (non-hydrogen) atoms. The molecule has 0 atom stereocenters. The standard InChI is InChI=1S/C17H16F3N5O2S/c18-17(19,20)15-24-23-14(27-15)10-5-7-25(8-6-10)9-13(26)22-16-21-11-3-1-2-4-12(11)28-16/h1-4,10H,5-9H2,(H,21,22,26). The van der Waals surface area contributed by atoms with E-state index in [0.717, 1.165) is 10.2 Å². The second-order valence-corrected chi connectivity index (χ2v) is 7.56. The Kier molecular flexibility index (Phi) is 5.02. The van der Waals surface area contributed by atoms with Crippen LogP contribution in [0.2, 0.25) is 0 Å². The molecule has 0 unspecified atom stereocenters. The van der Waals surface area contributed by atoms with Crippen LogP contribution in [-0.2, 0) is 11.0 Å². The molecule has 0 spiro atoms. The van der Waals surface area contributed by atoms with Crippen molar-refractivity contribution in [3.05, 3.63) is 36.0 Å². The molecule has 1 aromatic carbocycles. The Morgan fingerprint density at radius 2 is 2.00 bits per heavy atom. The van der Waals surface area contributed by atoms with Crippen molar-refractivity contribution < 1.29 is 22.4 Å². The van der Waals surface area contributed by atoms with E-state index in [0.29, 0.717) is 31.1 Å². The number of para-hydroxylation sites is 1. The first-order valence-corrected chi connectivity index (χ1v) is 9.48. The SMILES string of the molecule is O=C(CN1CCC(c2nnc(C(F)(F)F)o2)CC1)Nc1nc2ccccc2s1. The van der Waals surface area contributed by atoms with Crippen LogP contribution in [0.25, 0.3) is 10.2 Å². The summed E-state index contributed by atoms with van der Waals surface area (Å²) in [5.41, 5.74) is 0.835. The number of likely N-dealkylation sites (tertiary alicyclic amines) is 1. The molecule has 1 fully saturated rings. The van der Waals surface area contributed by atoms with Crippen molar-refractivity contribution in [1.82, 2.24) is 20.1 Å². The van der Waals surface area contributed by atoms with E-state index in [1.807, 2.05) is 29.2 Å². The highest BCUT2D eigenvalue weighted by atomic mass is 32.1. The van der Waals surface area contributed by atoms with E-state index >= 15 is 0 Å². The Balaban J connectivity index is 1.29. The fraction of sp³-hybridized carbons (Fsp3) is 0.412. The van der Waals surface area contributed by atoms with Gasteiger partial charge in [0.15, 0.2) is 5.13 Å². The third-order valence-electron chi connectivity index (χ3n) is 4.53. The molecule has 2 aromatic heterocycles. The Labute approximate surface area is 161 Å². The number of anilines is 1. The number of hydrogen-bond donors (Lipinski definition) is 1. The van der Waals surface area contributed by atoms with E-state index in [9.17, 15) is 18.0 Å². The van der Waals surface area contributed by atoms with Gasteiger partial charge in [0.05, 0.1) is 16.8 Å². The van der Waals surface area contributed by atoms with Crippen LogP contribution in [0.4, 0.5) is 18.3 Å². The molecule has 7 nitrogen and oxygen atoms in total. The van der Waals surface area contributed by atoms with Crippen molar-refractivity contribution in [3.8, 4) is 0 Å². The maximum Gasteiger partial charge on any atom is 0.470 e. The van der Waals surface area contributed by atoms with Gasteiger partial charge in [0.25, 0.3) is 0 Å². The number of benzene rings is 1. The van der Waals surface area contributed by atoms with Crippen molar-refractivity contribution in [2.45, 2.75) is 24.9 Å². The largest absolute Gasteiger partial charge is 0.470 e. The van der Waals surface area contributed by atoms with Crippen LogP contribution in [0.3, 0.4) is 0 Å². The lowest BCUT2D eigenvalue weighted by Gasteiger charge is -2.29. The summed E-state index contributed by atoms with van der Waals surface area (Å²) < 4.78 is 43.5. The van der Waals surface area contributed by atoms with Gasteiger partial charge in [-0.3, -0.25) is 9.69 Å². The van der Waals surface area contributed by atoms with Gasteiger partial charge in [-0.05, 0) is 38.1 Å². The molecule has 1 aliphatic heterocycles. The van der Waals surface area contributed by atoms with E-state index in [1.54, 1.807) is 0 Å². The van der Waals surface area contributed by atoms with Crippen LogP contribution < -0.4 is 5.32 Å². The van der Waals surface area contributed by atoms with Gasteiger partial charge < -0.3 is 9.73 Å². The normalized spacial score (nSPS) is 16.5. The maximum absolute atomic E-state index is 12.6.